The Morgan fingerprint density at radius 3 is 2.78 bits per heavy atom. The van der Waals surface area contributed by atoms with Gasteiger partial charge in [0.25, 0.3) is 0 Å². The van der Waals surface area contributed by atoms with Gasteiger partial charge in [0.05, 0.1) is 13.0 Å². The first-order valence-electron chi connectivity index (χ1n) is 5.96. The van der Waals surface area contributed by atoms with Crippen LogP contribution in [0.1, 0.15) is 18.4 Å². The Labute approximate surface area is 120 Å². The van der Waals surface area contributed by atoms with E-state index in [-0.39, 0.29) is 12.5 Å². The minimum absolute atomic E-state index is 0.0179. The molecule has 1 aliphatic rings. The van der Waals surface area contributed by atoms with Crippen LogP contribution >= 0.6 is 27.5 Å². The molecule has 0 heterocycles. The largest absolute Gasteiger partial charge is 0.395 e. The van der Waals surface area contributed by atoms with Crippen LogP contribution in [0.15, 0.2) is 22.7 Å². The number of aliphatic hydroxyl groups excluding tert-OH is 1. The van der Waals surface area contributed by atoms with Crippen LogP contribution in [0.3, 0.4) is 0 Å². The van der Waals surface area contributed by atoms with Crippen molar-refractivity contribution in [3.63, 3.8) is 0 Å². The van der Waals surface area contributed by atoms with Gasteiger partial charge in [-0.1, -0.05) is 33.6 Å². The summed E-state index contributed by atoms with van der Waals surface area (Å²) in [6.45, 7) is 0.443. The first kappa shape index (κ1) is 13.8. The number of hydrogen-bond donors (Lipinski definition) is 1. The number of carbonyl (C=O) groups excluding carboxylic acids is 1. The van der Waals surface area contributed by atoms with E-state index in [0.29, 0.717) is 24.0 Å². The van der Waals surface area contributed by atoms with Crippen molar-refractivity contribution in [2.24, 2.45) is 0 Å². The predicted octanol–water partition coefficient (Wildman–Crippen LogP) is 2.63. The van der Waals surface area contributed by atoms with E-state index in [4.69, 9.17) is 16.7 Å². The standard InChI is InChI=1S/C13H15BrClNO2/c14-12-8-10(15)2-1-9(12)7-13(18)16(5-6-17)11-3-4-11/h1-2,8,11,17H,3-7H2. The maximum Gasteiger partial charge on any atom is 0.227 e. The molecule has 1 saturated carbocycles. The molecule has 1 amide bonds. The Kier molecular flexibility index (Phi) is 4.65. The van der Waals surface area contributed by atoms with E-state index in [9.17, 15) is 4.79 Å². The van der Waals surface area contributed by atoms with Gasteiger partial charge in [0.2, 0.25) is 5.91 Å². The van der Waals surface area contributed by atoms with Gasteiger partial charge >= 0.3 is 0 Å². The normalized spacial score (nSPS) is 14.6. The molecule has 1 aromatic rings. The second kappa shape index (κ2) is 6.04. The number of aliphatic hydroxyl groups is 1. The molecule has 3 nitrogen and oxygen atoms in total. The van der Waals surface area contributed by atoms with E-state index in [0.717, 1.165) is 22.9 Å². The summed E-state index contributed by atoms with van der Waals surface area (Å²) in [6, 6.07) is 5.75. The molecule has 0 aliphatic heterocycles. The van der Waals surface area contributed by atoms with Crippen molar-refractivity contribution >= 4 is 33.4 Å². The SMILES string of the molecule is O=C(Cc1ccc(Cl)cc1Br)N(CCO)C1CC1. The highest BCUT2D eigenvalue weighted by molar-refractivity contribution is 9.10. The third kappa shape index (κ3) is 3.46. The number of halogens is 2. The summed E-state index contributed by atoms with van der Waals surface area (Å²) >= 11 is 9.28. The fourth-order valence-corrected chi connectivity index (χ4v) is 2.76. The van der Waals surface area contributed by atoms with Crippen molar-refractivity contribution < 1.29 is 9.90 Å². The molecule has 98 valence electrons. The first-order chi connectivity index (χ1) is 8.61. The van der Waals surface area contributed by atoms with E-state index < -0.39 is 0 Å². The van der Waals surface area contributed by atoms with Gasteiger partial charge in [-0.05, 0) is 30.5 Å². The van der Waals surface area contributed by atoms with Crippen molar-refractivity contribution in [2.75, 3.05) is 13.2 Å². The molecule has 0 unspecified atom stereocenters. The summed E-state index contributed by atoms with van der Waals surface area (Å²) in [4.78, 5) is 14.0. The van der Waals surface area contributed by atoms with Gasteiger partial charge < -0.3 is 10.0 Å². The van der Waals surface area contributed by atoms with Crippen molar-refractivity contribution in [2.45, 2.75) is 25.3 Å². The van der Waals surface area contributed by atoms with Crippen LogP contribution in [0.5, 0.6) is 0 Å². The van der Waals surface area contributed by atoms with E-state index in [1.54, 1.807) is 17.0 Å². The lowest BCUT2D eigenvalue weighted by Crippen LogP contribution is -2.36. The monoisotopic (exact) mass is 331 g/mol. The smallest absolute Gasteiger partial charge is 0.227 e. The highest BCUT2D eigenvalue weighted by atomic mass is 79.9. The van der Waals surface area contributed by atoms with Gasteiger partial charge in [0, 0.05) is 22.1 Å². The Hall–Kier alpha value is -0.580. The highest BCUT2D eigenvalue weighted by Crippen LogP contribution is 2.28. The van der Waals surface area contributed by atoms with Crippen molar-refractivity contribution in [3.05, 3.63) is 33.3 Å². The summed E-state index contributed by atoms with van der Waals surface area (Å²) in [5, 5.41) is 9.64. The molecule has 1 aliphatic carbocycles. The lowest BCUT2D eigenvalue weighted by molar-refractivity contribution is -0.131. The van der Waals surface area contributed by atoms with Crippen LogP contribution in [0, 0.1) is 0 Å². The molecule has 0 atom stereocenters. The fraction of sp³-hybridized carbons (Fsp3) is 0.462. The Bertz CT molecular complexity index is 449. The highest BCUT2D eigenvalue weighted by Gasteiger charge is 2.32. The van der Waals surface area contributed by atoms with Crippen LogP contribution in [-0.4, -0.2) is 35.1 Å². The van der Waals surface area contributed by atoms with Crippen LogP contribution in [-0.2, 0) is 11.2 Å². The quantitative estimate of drug-likeness (QED) is 0.900. The van der Waals surface area contributed by atoms with E-state index >= 15 is 0 Å². The van der Waals surface area contributed by atoms with E-state index in [2.05, 4.69) is 15.9 Å². The van der Waals surface area contributed by atoms with Crippen LogP contribution in [0.25, 0.3) is 0 Å². The average molecular weight is 333 g/mol. The molecular formula is C13H15BrClNO2. The van der Waals surface area contributed by atoms with Crippen LogP contribution in [0.2, 0.25) is 5.02 Å². The van der Waals surface area contributed by atoms with Gasteiger partial charge in [0.15, 0.2) is 0 Å². The molecule has 1 fully saturated rings. The van der Waals surface area contributed by atoms with Gasteiger partial charge in [-0.15, -0.1) is 0 Å². The Morgan fingerprint density at radius 2 is 2.22 bits per heavy atom. The number of hydrogen-bond acceptors (Lipinski definition) is 2. The van der Waals surface area contributed by atoms with E-state index in [1.807, 2.05) is 6.07 Å². The molecule has 0 aromatic heterocycles. The molecule has 5 heteroatoms. The molecular weight excluding hydrogens is 318 g/mol. The topological polar surface area (TPSA) is 40.5 Å². The lowest BCUT2D eigenvalue weighted by atomic mass is 10.1. The molecule has 18 heavy (non-hydrogen) atoms. The number of nitrogens with zero attached hydrogens (tertiary/aromatic N) is 1. The molecule has 1 N–H and O–H groups in total. The van der Waals surface area contributed by atoms with Crippen molar-refractivity contribution in [3.8, 4) is 0 Å². The number of benzene rings is 1. The van der Waals surface area contributed by atoms with Gasteiger partial charge in [0.1, 0.15) is 0 Å². The minimum atomic E-state index is 0.0179. The third-order valence-electron chi connectivity index (χ3n) is 3.01. The van der Waals surface area contributed by atoms with Crippen LogP contribution in [0.4, 0.5) is 0 Å². The Balaban J connectivity index is 2.05. The van der Waals surface area contributed by atoms with Gasteiger partial charge in [-0.2, -0.15) is 0 Å². The third-order valence-corrected chi connectivity index (χ3v) is 3.98. The second-order valence-electron chi connectivity index (χ2n) is 4.45. The number of rotatable bonds is 5. The number of amides is 1. The first-order valence-corrected chi connectivity index (χ1v) is 7.13. The zero-order valence-corrected chi connectivity index (χ0v) is 12.2. The molecule has 0 saturated heterocycles. The zero-order chi connectivity index (χ0) is 13.1. The fourth-order valence-electron chi connectivity index (χ4n) is 1.93. The predicted molar refractivity (Wildman–Crippen MR) is 74.7 cm³/mol. The summed E-state index contributed by atoms with van der Waals surface area (Å²) in [7, 11) is 0. The summed E-state index contributed by atoms with van der Waals surface area (Å²) in [6.07, 6.45) is 2.44. The minimum Gasteiger partial charge on any atom is -0.395 e. The van der Waals surface area contributed by atoms with Crippen molar-refractivity contribution in [1.29, 1.82) is 0 Å². The zero-order valence-electron chi connectivity index (χ0n) is 9.90. The molecule has 0 bridgehead atoms. The van der Waals surface area contributed by atoms with E-state index in [1.165, 1.54) is 0 Å². The summed E-state index contributed by atoms with van der Waals surface area (Å²) in [5.74, 6) is 0.0644. The van der Waals surface area contributed by atoms with Crippen molar-refractivity contribution in [1.82, 2.24) is 4.90 Å². The number of carbonyl (C=O) groups is 1. The van der Waals surface area contributed by atoms with Crippen LogP contribution < -0.4 is 0 Å². The van der Waals surface area contributed by atoms with Gasteiger partial charge in [-0.3, -0.25) is 4.79 Å². The lowest BCUT2D eigenvalue weighted by Gasteiger charge is -2.21. The average Bonchev–Trinajstić information content (AvgIpc) is 3.13. The summed E-state index contributed by atoms with van der Waals surface area (Å²) in [5.41, 5.74) is 0.924. The maximum absolute atomic E-state index is 12.2. The molecule has 2 rings (SSSR count). The molecule has 0 spiro atoms. The van der Waals surface area contributed by atoms with Gasteiger partial charge in [-0.25, -0.2) is 0 Å². The molecule has 0 radical (unpaired) electrons. The Morgan fingerprint density at radius 1 is 1.50 bits per heavy atom. The second-order valence-corrected chi connectivity index (χ2v) is 5.75. The summed E-state index contributed by atoms with van der Waals surface area (Å²) < 4.78 is 0.850. The maximum atomic E-state index is 12.2. The molecule has 1 aromatic carbocycles.